The Kier molecular flexibility index (Phi) is 8.90. The summed E-state index contributed by atoms with van der Waals surface area (Å²) < 4.78 is 11.3. The number of pyridine rings is 1. The molecule has 4 nitrogen and oxygen atoms in total. The van der Waals surface area contributed by atoms with Crippen LogP contribution in [0.15, 0.2) is 36.5 Å². The van der Waals surface area contributed by atoms with Gasteiger partial charge in [0.25, 0.3) is 0 Å². The Morgan fingerprint density at radius 2 is 1.88 bits per heavy atom. The van der Waals surface area contributed by atoms with Gasteiger partial charge < -0.3 is 27.2 Å². The molecule has 24 heavy (non-hydrogen) atoms. The molecule has 0 saturated heterocycles. The molecule has 0 radical (unpaired) electrons. The number of nitrogens with two attached hydrogens (primary N) is 1. The van der Waals surface area contributed by atoms with E-state index in [2.05, 4.69) is 30.2 Å². The highest BCUT2D eigenvalue weighted by atomic mass is 35.5. The van der Waals surface area contributed by atoms with Gasteiger partial charge in [-0.25, -0.2) is 4.98 Å². The quantitative estimate of drug-likeness (QED) is 0.667. The third kappa shape index (κ3) is 6.56. The number of hydrogen-bond donors (Lipinski definition) is 1. The van der Waals surface area contributed by atoms with Crippen LogP contribution in [0.2, 0.25) is 5.15 Å². The molecule has 0 fully saturated rings. The zero-order valence-corrected chi connectivity index (χ0v) is 15.8. The van der Waals surface area contributed by atoms with Crippen LogP contribution in [0, 0.1) is 5.92 Å². The van der Waals surface area contributed by atoms with Crippen molar-refractivity contribution in [3.8, 4) is 11.5 Å². The van der Waals surface area contributed by atoms with E-state index in [-0.39, 0.29) is 12.4 Å². The summed E-state index contributed by atoms with van der Waals surface area (Å²) in [7, 11) is 1.66. The maximum absolute atomic E-state index is 5.83. The third-order valence-electron chi connectivity index (χ3n) is 3.43. The van der Waals surface area contributed by atoms with Crippen molar-refractivity contribution in [1.29, 1.82) is 0 Å². The summed E-state index contributed by atoms with van der Waals surface area (Å²) in [6.45, 7) is 6.93. The molecule has 0 unspecified atom stereocenters. The highest BCUT2D eigenvalue weighted by Gasteiger charge is 2.08. The molecule has 132 valence electrons. The van der Waals surface area contributed by atoms with Crippen molar-refractivity contribution in [2.45, 2.75) is 27.0 Å². The van der Waals surface area contributed by atoms with E-state index in [0.717, 1.165) is 30.2 Å². The predicted molar refractivity (Wildman–Crippen MR) is 91.9 cm³/mol. The van der Waals surface area contributed by atoms with E-state index in [1.54, 1.807) is 19.4 Å². The summed E-state index contributed by atoms with van der Waals surface area (Å²) >= 11 is 5.78. The lowest BCUT2D eigenvalue weighted by molar-refractivity contribution is -0.675. The number of methoxy groups -OCH3 is 1. The molecule has 0 aliphatic rings. The molecular formula is C18H24Cl2N2O2. The number of halogens is 2. The van der Waals surface area contributed by atoms with Crippen molar-refractivity contribution in [3.05, 3.63) is 52.8 Å². The van der Waals surface area contributed by atoms with E-state index >= 15 is 0 Å². The molecule has 1 aromatic heterocycles. The lowest BCUT2D eigenvalue weighted by atomic mass is 10.2. The summed E-state index contributed by atoms with van der Waals surface area (Å²) in [6.07, 6.45) is 1.71. The Bertz CT molecular complexity index is 619. The number of ether oxygens (including phenoxy) is 2. The molecule has 0 aliphatic carbocycles. The van der Waals surface area contributed by atoms with Gasteiger partial charge in [-0.3, -0.25) is 0 Å². The molecule has 0 bridgehead atoms. The van der Waals surface area contributed by atoms with E-state index in [0.29, 0.717) is 17.7 Å². The number of rotatable bonds is 8. The molecule has 2 aromatic rings. The van der Waals surface area contributed by atoms with Gasteiger partial charge in [0.15, 0.2) is 11.5 Å². The van der Waals surface area contributed by atoms with Gasteiger partial charge in [-0.05, 0) is 24.3 Å². The van der Waals surface area contributed by atoms with Crippen LogP contribution in [0.25, 0.3) is 0 Å². The largest absolute Gasteiger partial charge is 1.00 e. The molecule has 6 heteroatoms. The number of benzene rings is 1. The lowest BCUT2D eigenvalue weighted by Crippen LogP contribution is -3.00. The van der Waals surface area contributed by atoms with Crippen LogP contribution >= 0.6 is 11.6 Å². The van der Waals surface area contributed by atoms with Crippen LogP contribution in [-0.2, 0) is 13.2 Å². The zero-order chi connectivity index (χ0) is 16.7. The fourth-order valence-electron chi connectivity index (χ4n) is 2.19. The van der Waals surface area contributed by atoms with E-state index in [4.69, 9.17) is 21.1 Å². The van der Waals surface area contributed by atoms with Crippen LogP contribution in [0.1, 0.15) is 25.0 Å². The smallest absolute Gasteiger partial charge is 0.161 e. The van der Waals surface area contributed by atoms with Gasteiger partial charge in [0.1, 0.15) is 18.3 Å². The van der Waals surface area contributed by atoms with Crippen molar-refractivity contribution in [3.63, 3.8) is 0 Å². The van der Waals surface area contributed by atoms with E-state index < -0.39 is 0 Å². The fraction of sp³-hybridized carbons (Fsp3) is 0.389. The van der Waals surface area contributed by atoms with Gasteiger partial charge in [0.05, 0.1) is 13.7 Å². The average molecular weight is 371 g/mol. The molecule has 0 amide bonds. The molecule has 1 heterocycles. The van der Waals surface area contributed by atoms with Crippen molar-refractivity contribution in [1.82, 2.24) is 4.98 Å². The summed E-state index contributed by atoms with van der Waals surface area (Å²) in [5, 5.41) is 2.78. The maximum Gasteiger partial charge on any atom is 0.161 e. The average Bonchev–Trinajstić information content (AvgIpc) is 2.54. The molecule has 2 rings (SSSR count). The molecule has 0 aliphatic heterocycles. The molecule has 2 N–H and O–H groups in total. The summed E-state index contributed by atoms with van der Waals surface area (Å²) in [4.78, 5) is 4.05. The number of quaternary nitrogens is 1. The van der Waals surface area contributed by atoms with Crippen LogP contribution in [0.3, 0.4) is 0 Å². The van der Waals surface area contributed by atoms with Crippen molar-refractivity contribution < 1.29 is 27.2 Å². The minimum atomic E-state index is 0. The molecule has 0 atom stereocenters. The van der Waals surface area contributed by atoms with E-state index in [1.807, 2.05) is 18.2 Å². The second-order valence-corrected chi connectivity index (χ2v) is 6.27. The Balaban J connectivity index is 0.00000288. The topological polar surface area (TPSA) is 48.0 Å². The van der Waals surface area contributed by atoms with Crippen molar-refractivity contribution in [2.75, 3.05) is 13.7 Å². The first-order chi connectivity index (χ1) is 11.1. The van der Waals surface area contributed by atoms with Gasteiger partial charge in [-0.2, -0.15) is 0 Å². The first-order valence-electron chi connectivity index (χ1n) is 7.80. The van der Waals surface area contributed by atoms with Crippen LogP contribution < -0.4 is 27.2 Å². The van der Waals surface area contributed by atoms with Gasteiger partial charge in [-0.15, -0.1) is 0 Å². The van der Waals surface area contributed by atoms with E-state index in [9.17, 15) is 0 Å². The Hall–Kier alpha value is -1.49. The normalized spacial score (nSPS) is 10.4. The van der Waals surface area contributed by atoms with Gasteiger partial charge in [0, 0.05) is 23.2 Å². The predicted octanol–water partition coefficient (Wildman–Crippen LogP) is 0.0460. The van der Waals surface area contributed by atoms with Crippen molar-refractivity contribution >= 4 is 11.6 Å². The first kappa shape index (κ1) is 20.6. The monoisotopic (exact) mass is 370 g/mol. The second kappa shape index (κ2) is 10.4. The minimum absolute atomic E-state index is 0. The molecule has 0 saturated carbocycles. The molecule has 0 spiro atoms. The zero-order valence-electron chi connectivity index (χ0n) is 14.3. The number of aromatic nitrogens is 1. The fourth-order valence-corrected chi connectivity index (χ4v) is 2.31. The van der Waals surface area contributed by atoms with Crippen LogP contribution in [0.5, 0.6) is 11.5 Å². The Morgan fingerprint density at radius 1 is 1.12 bits per heavy atom. The Labute approximate surface area is 154 Å². The minimum Gasteiger partial charge on any atom is -1.00 e. The molecule has 1 aromatic carbocycles. The van der Waals surface area contributed by atoms with Gasteiger partial charge >= 0.3 is 0 Å². The van der Waals surface area contributed by atoms with Crippen LogP contribution in [0.4, 0.5) is 0 Å². The summed E-state index contributed by atoms with van der Waals surface area (Å²) in [5.41, 5.74) is 2.19. The highest BCUT2D eigenvalue weighted by molar-refractivity contribution is 6.29. The lowest BCUT2D eigenvalue weighted by Gasteiger charge is -2.12. The third-order valence-corrected chi connectivity index (χ3v) is 3.65. The number of nitrogens with zero attached hydrogens (tertiary/aromatic N) is 1. The first-order valence-corrected chi connectivity index (χ1v) is 8.18. The highest BCUT2D eigenvalue weighted by Crippen LogP contribution is 2.28. The van der Waals surface area contributed by atoms with Gasteiger partial charge in [-0.1, -0.05) is 31.5 Å². The standard InChI is InChI=1S/C18H23ClN2O2.ClH/c1-13(2)9-20-10-14-4-6-16(17(8-14)22-3)23-12-15-5-7-18(19)21-11-15;/h4-8,11,13,20H,9-10,12H2,1-3H3;1H. The van der Waals surface area contributed by atoms with Gasteiger partial charge in [0.2, 0.25) is 0 Å². The molecular weight excluding hydrogens is 347 g/mol. The Morgan fingerprint density at radius 3 is 2.50 bits per heavy atom. The van der Waals surface area contributed by atoms with Crippen molar-refractivity contribution in [2.24, 2.45) is 5.92 Å². The maximum atomic E-state index is 5.83. The summed E-state index contributed by atoms with van der Waals surface area (Å²) in [6, 6.07) is 9.73. The van der Waals surface area contributed by atoms with E-state index in [1.165, 1.54) is 5.56 Å². The van der Waals surface area contributed by atoms with Crippen LogP contribution in [-0.4, -0.2) is 18.6 Å². The SMILES string of the molecule is COc1cc(C[NH2+]CC(C)C)ccc1OCc1ccc(Cl)nc1.[Cl-]. The number of hydrogen-bond acceptors (Lipinski definition) is 3. The second-order valence-electron chi connectivity index (χ2n) is 5.89. The summed E-state index contributed by atoms with van der Waals surface area (Å²) in [5.74, 6) is 2.17.